The van der Waals surface area contributed by atoms with Gasteiger partial charge in [-0.1, -0.05) is 231 Å². The molecule has 0 fully saturated rings. The van der Waals surface area contributed by atoms with Crippen LogP contribution in [0.15, 0.2) is 303 Å². The number of hydrogen-bond acceptors (Lipinski definition) is 2. The second-order valence-corrected chi connectivity index (χ2v) is 18.1. The van der Waals surface area contributed by atoms with Crippen molar-refractivity contribution in [3.63, 3.8) is 0 Å². The number of allylic oxidation sites excluding steroid dienone is 12. The molecule has 0 aromatic heterocycles. The Balaban J connectivity index is 0.733. The first-order valence-corrected chi connectivity index (χ1v) is 24.4. The molecule has 336 valence electrons. The van der Waals surface area contributed by atoms with Crippen LogP contribution in [0.25, 0.3) is 55.6 Å². The standard InChI is InChI=1S/C68H54N2/c1-2-3-12-50-19-42-65(43-20-50)69(63-15-6-4-7-16-63)66-44-37-60(38-45-66)58-33-29-56(30-34-58)54-25-21-52(22-26-54)53-23-27-55(28-24-53)57-31-35-59(36-32-57)61-39-46-67(47-40-61)70(64-17-8-5-9-18-64)68-48-41-51-13-10-11-14-62(51)49-68/h2-40,42,44-49,51,65H,1,41,43H2/b12-3-. The monoisotopic (exact) mass is 898 g/mol. The van der Waals surface area contributed by atoms with Gasteiger partial charge in [-0.15, -0.1) is 0 Å². The van der Waals surface area contributed by atoms with Gasteiger partial charge in [0.1, 0.15) is 0 Å². The summed E-state index contributed by atoms with van der Waals surface area (Å²) >= 11 is 0. The lowest BCUT2D eigenvalue weighted by molar-refractivity contribution is 0.768. The highest BCUT2D eigenvalue weighted by atomic mass is 15.2. The van der Waals surface area contributed by atoms with Crippen molar-refractivity contribution in [2.45, 2.75) is 18.9 Å². The molecule has 0 saturated heterocycles. The van der Waals surface area contributed by atoms with E-state index in [2.05, 4.69) is 283 Å². The van der Waals surface area contributed by atoms with Gasteiger partial charge < -0.3 is 9.80 Å². The molecule has 2 nitrogen and oxygen atoms in total. The van der Waals surface area contributed by atoms with Gasteiger partial charge in [0.05, 0.1) is 6.04 Å². The highest BCUT2D eigenvalue weighted by molar-refractivity contribution is 5.79. The molecule has 3 aliphatic rings. The van der Waals surface area contributed by atoms with Gasteiger partial charge in [-0.25, -0.2) is 0 Å². The average molecular weight is 899 g/mol. The summed E-state index contributed by atoms with van der Waals surface area (Å²) in [6, 6.07) is 75.2. The van der Waals surface area contributed by atoms with Crippen molar-refractivity contribution in [1.29, 1.82) is 0 Å². The molecule has 2 unspecified atom stereocenters. The lowest BCUT2D eigenvalue weighted by Gasteiger charge is -2.33. The normalized spacial score (nSPS) is 16.0. The molecule has 2 atom stereocenters. The first-order valence-electron chi connectivity index (χ1n) is 24.4. The minimum Gasteiger partial charge on any atom is -0.334 e. The number of nitrogens with zero attached hydrogens (tertiary/aromatic N) is 2. The van der Waals surface area contributed by atoms with E-state index in [1.165, 1.54) is 83.9 Å². The van der Waals surface area contributed by atoms with Crippen molar-refractivity contribution < 1.29 is 0 Å². The van der Waals surface area contributed by atoms with Crippen LogP contribution < -0.4 is 9.80 Å². The lowest BCUT2D eigenvalue weighted by Crippen LogP contribution is -2.30. The van der Waals surface area contributed by atoms with E-state index in [0.717, 1.165) is 24.2 Å². The highest BCUT2D eigenvalue weighted by Gasteiger charge is 2.22. The number of hydrogen-bond donors (Lipinski definition) is 0. The van der Waals surface area contributed by atoms with Crippen LogP contribution in [-0.2, 0) is 0 Å². The molecule has 0 N–H and O–H groups in total. The van der Waals surface area contributed by atoms with Crippen molar-refractivity contribution in [2.24, 2.45) is 5.92 Å². The summed E-state index contributed by atoms with van der Waals surface area (Å²) in [6.45, 7) is 3.81. The van der Waals surface area contributed by atoms with Crippen molar-refractivity contribution in [3.8, 4) is 55.6 Å². The second kappa shape index (κ2) is 20.2. The van der Waals surface area contributed by atoms with Crippen LogP contribution in [0.2, 0.25) is 0 Å². The zero-order chi connectivity index (χ0) is 47.1. The molecule has 0 aliphatic heterocycles. The second-order valence-electron chi connectivity index (χ2n) is 18.1. The Bertz CT molecular complexity index is 3310. The summed E-state index contributed by atoms with van der Waals surface area (Å²) < 4.78 is 0. The molecule has 11 rings (SSSR count). The molecule has 70 heavy (non-hydrogen) atoms. The smallest absolute Gasteiger partial charge is 0.0560 e. The predicted octanol–water partition coefficient (Wildman–Crippen LogP) is 18.3. The number of rotatable bonds is 13. The molecule has 8 aromatic rings. The van der Waals surface area contributed by atoms with Gasteiger partial charge in [0.25, 0.3) is 0 Å². The van der Waals surface area contributed by atoms with Gasteiger partial charge in [-0.3, -0.25) is 0 Å². The Morgan fingerprint density at radius 2 is 0.814 bits per heavy atom. The topological polar surface area (TPSA) is 6.48 Å². The maximum atomic E-state index is 3.81. The lowest BCUT2D eigenvalue weighted by atomic mass is 9.87. The van der Waals surface area contributed by atoms with Crippen LogP contribution in [0.5, 0.6) is 0 Å². The zero-order valence-electron chi connectivity index (χ0n) is 39.2. The van der Waals surface area contributed by atoms with E-state index < -0.39 is 0 Å². The largest absolute Gasteiger partial charge is 0.334 e. The van der Waals surface area contributed by atoms with E-state index in [1.807, 2.05) is 12.2 Å². The number of para-hydroxylation sites is 2. The molecular formula is C68H54N2. The van der Waals surface area contributed by atoms with E-state index >= 15 is 0 Å². The SMILES string of the molecule is C=C/C=C\C1=CCC(N(c2ccccc2)c2ccc(-c3ccc(-c4ccc(-c5ccc(-c6ccc(-c7ccc(N(C8=CCC9C=CC=CC9=C8)c8ccccc8)cc7)cc6)cc5)cc4)cc3)cc2)C=C1. The molecule has 0 radical (unpaired) electrons. The Hall–Kier alpha value is -8.72. The summed E-state index contributed by atoms with van der Waals surface area (Å²) in [5.74, 6) is 0.461. The highest BCUT2D eigenvalue weighted by Crippen LogP contribution is 2.39. The summed E-state index contributed by atoms with van der Waals surface area (Å²) in [7, 11) is 0. The van der Waals surface area contributed by atoms with Gasteiger partial charge >= 0.3 is 0 Å². The van der Waals surface area contributed by atoms with Gasteiger partial charge in [0.15, 0.2) is 0 Å². The number of anilines is 4. The third-order valence-corrected chi connectivity index (χ3v) is 13.7. The quantitative estimate of drug-likeness (QED) is 0.106. The van der Waals surface area contributed by atoms with Crippen molar-refractivity contribution in [2.75, 3.05) is 9.80 Å². The molecule has 8 aromatic carbocycles. The van der Waals surface area contributed by atoms with E-state index in [9.17, 15) is 0 Å². The maximum absolute atomic E-state index is 3.81. The van der Waals surface area contributed by atoms with Crippen molar-refractivity contribution in [1.82, 2.24) is 0 Å². The fraction of sp³-hybridized carbons (Fsp3) is 0.0588. The Labute approximate surface area is 413 Å². The average Bonchev–Trinajstić information content (AvgIpc) is 3.44. The fourth-order valence-electron chi connectivity index (χ4n) is 9.91. The molecule has 2 heteroatoms. The number of benzene rings is 8. The van der Waals surface area contributed by atoms with Crippen LogP contribution >= 0.6 is 0 Å². The molecular weight excluding hydrogens is 845 g/mol. The molecule has 3 aliphatic carbocycles. The number of fused-ring (bicyclic) bond motifs is 1. The maximum Gasteiger partial charge on any atom is 0.0560 e. The van der Waals surface area contributed by atoms with Gasteiger partial charge in [0, 0.05) is 34.4 Å². The zero-order valence-corrected chi connectivity index (χ0v) is 39.2. The van der Waals surface area contributed by atoms with Crippen molar-refractivity contribution in [3.05, 3.63) is 303 Å². The molecule has 0 spiro atoms. The predicted molar refractivity (Wildman–Crippen MR) is 298 cm³/mol. The van der Waals surface area contributed by atoms with Gasteiger partial charge in [-0.2, -0.15) is 0 Å². The van der Waals surface area contributed by atoms with E-state index in [0.29, 0.717) is 5.92 Å². The van der Waals surface area contributed by atoms with Crippen LogP contribution in [0.4, 0.5) is 22.7 Å². The fourth-order valence-corrected chi connectivity index (χ4v) is 9.91. The van der Waals surface area contributed by atoms with E-state index in [1.54, 1.807) is 0 Å². The molecule has 0 bridgehead atoms. The van der Waals surface area contributed by atoms with Crippen LogP contribution in [0, 0.1) is 5.92 Å². The van der Waals surface area contributed by atoms with Crippen LogP contribution in [0.1, 0.15) is 12.8 Å². The Morgan fingerprint density at radius 1 is 0.400 bits per heavy atom. The molecule has 0 heterocycles. The van der Waals surface area contributed by atoms with Crippen molar-refractivity contribution >= 4 is 22.7 Å². The molecule has 0 saturated carbocycles. The summed E-state index contributed by atoms with van der Waals surface area (Å²) in [5, 5.41) is 0. The van der Waals surface area contributed by atoms with Crippen LogP contribution in [0.3, 0.4) is 0 Å². The summed E-state index contributed by atoms with van der Waals surface area (Å²) in [4.78, 5) is 4.80. The summed E-state index contributed by atoms with van der Waals surface area (Å²) in [5.41, 5.74) is 20.5. The van der Waals surface area contributed by atoms with Gasteiger partial charge in [-0.05, 0) is 134 Å². The van der Waals surface area contributed by atoms with E-state index in [4.69, 9.17) is 0 Å². The Morgan fingerprint density at radius 3 is 1.26 bits per heavy atom. The minimum absolute atomic E-state index is 0.224. The Kier molecular flexibility index (Phi) is 12.7. The third kappa shape index (κ3) is 9.54. The first-order chi connectivity index (χ1) is 34.6. The minimum atomic E-state index is 0.224. The van der Waals surface area contributed by atoms with Crippen LogP contribution in [-0.4, -0.2) is 6.04 Å². The molecule has 0 amide bonds. The first kappa shape index (κ1) is 43.8. The van der Waals surface area contributed by atoms with Gasteiger partial charge in [0.2, 0.25) is 0 Å². The summed E-state index contributed by atoms with van der Waals surface area (Å²) in [6.07, 6.45) is 28.2. The third-order valence-electron chi connectivity index (χ3n) is 13.7. The van der Waals surface area contributed by atoms with E-state index in [-0.39, 0.29) is 6.04 Å².